The molecule has 1 nitrogen and oxygen atoms in total. The first-order valence-corrected chi connectivity index (χ1v) is 7.73. The van der Waals surface area contributed by atoms with Crippen molar-refractivity contribution in [1.82, 2.24) is 0 Å². The highest BCUT2D eigenvalue weighted by molar-refractivity contribution is 14.1. The lowest BCUT2D eigenvalue weighted by Gasteiger charge is -2.33. The molecule has 0 amide bonds. The van der Waals surface area contributed by atoms with Gasteiger partial charge in [0.25, 0.3) is 0 Å². The Bertz CT molecular complexity index is 414. The minimum Gasteiger partial charge on any atom is -0.299 e. The number of hydrogen-bond donors (Lipinski definition) is 0. The van der Waals surface area contributed by atoms with Crippen molar-refractivity contribution in [3.05, 3.63) is 35.9 Å². The largest absolute Gasteiger partial charge is 0.299 e. The van der Waals surface area contributed by atoms with Crippen LogP contribution in [0.3, 0.4) is 0 Å². The van der Waals surface area contributed by atoms with E-state index in [1.165, 1.54) is 24.8 Å². The van der Waals surface area contributed by atoms with E-state index in [4.69, 9.17) is 0 Å². The molecule has 2 aliphatic carbocycles. The Hall–Kier alpha value is -0.380. The van der Waals surface area contributed by atoms with Crippen LogP contribution in [0.25, 0.3) is 0 Å². The number of rotatable bonds is 1. The fourth-order valence-electron chi connectivity index (χ4n) is 3.64. The number of hydrogen-bond acceptors (Lipinski definition) is 1. The number of carbonyl (C=O) groups excluding carboxylic acids is 1. The van der Waals surface area contributed by atoms with Gasteiger partial charge in [0, 0.05) is 16.3 Å². The van der Waals surface area contributed by atoms with Gasteiger partial charge < -0.3 is 0 Å². The molecule has 1 aromatic rings. The van der Waals surface area contributed by atoms with Gasteiger partial charge in [0.1, 0.15) is 5.78 Å². The van der Waals surface area contributed by atoms with E-state index in [-0.39, 0.29) is 5.92 Å². The van der Waals surface area contributed by atoms with E-state index in [2.05, 4.69) is 46.9 Å². The van der Waals surface area contributed by atoms with Crippen LogP contribution < -0.4 is 0 Å². The summed E-state index contributed by atoms with van der Waals surface area (Å²) in [5.74, 6) is 1.92. The zero-order valence-corrected chi connectivity index (χ0v) is 12.0. The zero-order valence-electron chi connectivity index (χ0n) is 9.81. The third-order valence-electron chi connectivity index (χ3n) is 4.37. The zero-order chi connectivity index (χ0) is 11.8. The predicted molar refractivity (Wildman–Crippen MR) is 77.4 cm³/mol. The molecule has 0 saturated heterocycles. The van der Waals surface area contributed by atoms with Crippen LogP contribution in [-0.4, -0.2) is 9.71 Å². The molecular weight excluding hydrogens is 323 g/mol. The van der Waals surface area contributed by atoms with E-state index in [0.717, 1.165) is 6.42 Å². The molecule has 0 aliphatic heterocycles. The Labute approximate surface area is 116 Å². The fourth-order valence-corrected chi connectivity index (χ4v) is 5.09. The number of alkyl halides is 1. The van der Waals surface area contributed by atoms with Crippen LogP contribution in [0, 0.1) is 11.8 Å². The molecule has 1 aromatic carbocycles. The first kappa shape index (κ1) is 11.7. The summed E-state index contributed by atoms with van der Waals surface area (Å²) in [6.45, 7) is 0. The van der Waals surface area contributed by atoms with Gasteiger partial charge in [0.05, 0.1) is 0 Å². The minimum absolute atomic E-state index is 0.184. The molecule has 2 heteroatoms. The van der Waals surface area contributed by atoms with Gasteiger partial charge in [-0.1, -0.05) is 59.3 Å². The number of fused-ring (bicyclic) bond motifs is 1. The van der Waals surface area contributed by atoms with Gasteiger partial charge in [-0.25, -0.2) is 0 Å². The predicted octanol–water partition coefficient (Wildman–Crippen LogP) is 3.96. The number of Topliss-reactive ketones (excluding diaryl/α,β-unsaturated/α-hetero) is 1. The monoisotopic (exact) mass is 340 g/mol. The molecule has 0 bridgehead atoms. The summed E-state index contributed by atoms with van der Waals surface area (Å²) >= 11 is 2.57. The molecule has 0 radical (unpaired) electrons. The van der Waals surface area contributed by atoms with E-state index in [1.54, 1.807) is 0 Å². The second-order valence-corrected chi connectivity index (χ2v) is 6.94. The lowest BCUT2D eigenvalue weighted by Crippen LogP contribution is -2.28. The highest BCUT2D eigenvalue weighted by atomic mass is 127. The number of benzene rings is 1. The smallest absolute Gasteiger partial charge is 0.140 e. The molecule has 2 unspecified atom stereocenters. The van der Waals surface area contributed by atoms with E-state index in [1.807, 2.05) is 6.07 Å². The average Bonchev–Trinajstić information content (AvgIpc) is 2.68. The van der Waals surface area contributed by atoms with E-state index in [9.17, 15) is 4.79 Å². The van der Waals surface area contributed by atoms with E-state index >= 15 is 0 Å². The summed E-state index contributed by atoms with van der Waals surface area (Å²) in [7, 11) is 0. The summed E-state index contributed by atoms with van der Waals surface area (Å²) in [4.78, 5) is 12.3. The van der Waals surface area contributed by atoms with Gasteiger partial charge in [-0.15, -0.1) is 0 Å². The van der Waals surface area contributed by atoms with Crippen LogP contribution in [0.15, 0.2) is 30.3 Å². The third kappa shape index (κ3) is 2.05. The van der Waals surface area contributed by atoms with Crippen molar-refractivity contribution in [2.75, 3.05) is 0 Å². The Morgan fingerprint density at radius 1 is 1.12 bits per heavy atom. The second kappa shape index (κ2) is 4.71. The Kier molecular flexibility index (Phi) is 3.24. The van der Waals surface area contributed by atoms with Gasteiger partial charge in [-0.05, 0) is 30.2 Å². The van der Waals surface area contributed by atoms with Crippen molar-refractivity contribution < 1.29 is 4.79 Å². The molecule has 2 aliphatic rings. The maximum Gasteiger partial charge on any atom is 0.140 e. The molecule has 2 fully saturated rings. The Morgan fingerprint density at radius 2 is 1.88 bits per heavy atom. The summed E-state index contributed by atoms with van der Waals surface area (Å²) in [6, 6.07) is 10.4. The fraction of sp³-hybridized carbons (Fsp3) is 0.533. The number of halogens is 1. The molecular formula is C15H17IO. The van der Waals surface area contributed by atoms with Crippen LogP contribution in [-0.2, 0) is 4.79 Å². The van der Waals surface area contributed by atoms with Gasteiger partial charge in [0.15, 0.2) is 0 Å². The third-order valence-corrected chi connectivity index (χ3v) is 5.82. The SMILES string of the molecule is O=C1CC2CCC[C@H](I)C2[C@@H]1c1ccccc1. The summed E-state index contributed by atoms with van der Waals surface area (Å²) in [6.07, 6.45) is 4.69. The lowest BCUT2D eigenvalue weighted by atomic mass is 9.76. The maximum atomic E-state index is 12.3. The molecule has 4 atom stereocenters. The molecule has 0 aromatic heterocycles. The molecule has 0 spiro atoms. The molecule has 17 heavy (non-hydrogen) atoms. The van der Waals surface area contributed by atoms with Crippen LogP contribution >= 0.6 is 22.6 Å². The van der Waals surface area contributed by atoms with Crippen molar-refractivity contribution in [2.24, 2.45) is 11.8 Å². The van der Waals surface area contributed by atoms with Gasteiger partial charge in [-0.2, -0.15) is 0 Å². The average molecular weight is 340 g/mol. The summed E-state index contributed by atoms with van der Waals surface area (Å²) in [5, 5.41) is 0. The first-order chi connectivity index (χ1) is 8.27. The van der Waals surface area contributed by atoms with Gasteiger partial charge >= 0.3 is 0 Å². The topological polar surface area (TPSA) is 17.1 Å². The lowest BCUT2D eigenvalue weighted by molar-refractivity contribution is -0.119. The normalized spacial score (nSPS) is 36.9. The highest BCUT2D eigenvalue weighted by Crippen LogP contribution is 2.50. The van der Waals surface area contributed by atoms with Crippen LogP contribution in [0.4, 0.5) is 0 Å². The van der Waals surface area contributed by atoms with Crippen molar-refractivity contribution in [3.8, 4) is 0 Å². The Balaban J connectivity index is 1.95. The molecule has 3 rings (SSSR count). The first-order valence-electron chi connectivity index (χ1n) is 6.49. The van der Waals surface area contributed by atoms with Crippen LogP contribution in [0.1, 0.15) is 37.2 Å². The highest BCUT2D eigenvalue weighted by Gasteiger charge is 2.47. The van der Waals surface area contributed by atoms with Crippen molar-refractivity contribution >= 4 is 28.4 Å². The van der Waals surface area contributed by atoms with Crippen LogP contribution in [0.5, 0.6) is 0 Å². The van der Waals surface area contributed by atoms with E-state index in [0.29, 0.717) is 21.5 Å². The Morgan fingerprint density at radius 3 is 2.65 bits per heavy atom. The van der Waals surface area contributed by atoms with Crippen molar-refractivity contribution in [1.29, 1.82) is 0 Å². The van der Waals surface area contributed by atoms with Gasteiger partial charge in [-0.3, -0.25) is 4.79 Å². The molecule has 90 valence electrons. The van der Waals surface area contributed by atoms with E-state index < -0.39 is 0 Å². The number of carbonyl (C=O) groups is 1. The maximum absolute atomic E-state index is 12.3. The quantitative estimate of drug-likeness (QED) is 0.559. The second-order valence-electron chi connectivity index (χ2n) is 5.34. The standard InChI is InChI=1S/C15H17IO/c16-12-8-4-7-11-9-13(17)15(14(11)12)10-5-2-1-3-6-10/h1-3,5-6,11-12,14-15H,4,7-9H2/t11?,12-,14?,15+/m0/s1. The van der Waals surface area contributed by atoms with Crippen molar-refractivity contribution in [2.45, 2.75) is 35.5 Å². The number of ketones is 1. The summed E-state index contributed by atoms with van der Waals surface area (Å²) in [5.41, 5.74) is 1.24. The minimum atomic E-state index is 0.184. The molecule has 0 heterocycles. The van der Waals surface area contributed by atoms with Crippen molar-refractivity contribution in [3.63, 3.8) is 0 Å². The van der Waals surface area contributed by atoms with Gasteiger partial charge in [0.2, 0.25) is 0 Å². The summed E-state index contributed by atoms with van der Waals surface area (Å²) < 4.78 is 0.683. The molecule has 0 N–H and O–H groups in total. The van der Waals surface area contributed by atoms with Crippen LogP contribution in [0.2, 0.25) is 0 Å². The molecule has 2 saturated carbocycles.